The number of hydrogen-bond acceptors (Lipinski definition) is 3. The second-order valence-electron chi connectivity index (χ2n) is 4.69. The summed E-state index contributed by atoms with van der Waals surface area (Å²) in [5.74, 6) is 0. The number of fused-ring (bicyclic) bond motifs is 1. The summed E-state index contributed by atoms with van der Waals surface area (Å²) < 4.78 is 62.4. The van der Waals surface area contributed by atoms with E-state index in [1.807, 2.05) is 0 Å². The first-order valence-electron chi connectivity index (χ1n) is 5.79. The third-order valence-corrected chi connectivity index (χ3v) is 5.90. The maximum atomic E-state index is 12.6. The van der Waals surface area contributed by atoms with Gasteiger partial charge in [0.25, 0.3) is 0 Å². The summed E-state index contributed by atoms with van der Waals surface area (Å²) in [6.45, 7) is 1.71. The molecule has 0 saturated carbocycles. The van der Waals surface area contributed by atoms with Gasteiger partial charge in [-0.3, -0.25) is 0 Å². The van der Waals surface area contributed by atoms with Crippen molar-refractivity contribution in [1.29, 1.82) is 0 Å². The minimum Gasteiger partial charge on any atom is -0.316 e. The molecule has 1 aliphatic rings. The lowest BCUT2D eigenvalue weighted by molar-refractivity contribution is -0.137. The topological polar surface area (TPSA) is 46.2 Å². The molecule has 7 heteroatoms. The molecule has 2 unspecified atom stereocenters. The zero-order chi connectivity index (χ0) is 14.4. The van der Waals surface area contributed by atoms with Gasteiger partial charge in [-0.1, -0.05) is 6.07 Å². The maximum absolute atomic E-state index is 12.6. The molecule has 0 fully saturated rings. The van der Waals surface area contributed by atoms with Gasteiger partial charge in [-0.2, -0.15) is 13.2 Å². The Morgan fingerprint density at radius 1 is 1.37 bits per heavy atom. The van der Waals surface area contributed by atoms with Crippen LogP contribution < -0.4 is 5.32 Å². The Balaban J connectivity index is 2.51. The van der Waals surface area contributed by atoms with E-state index in [1.54, 1.807) is 14.0 Å². The highest BCUT2D eigenvalue weighted by Gasteiger charge is 2.41. The number of rotatable bonds is 2. The summed E-state index contributed by atoms with van der Waals surface area (Å²) in [7, 11) is -2.07. The average molecular weight is 293 g/mol. The van der Waals surface area contributed by atoms with Gasteiger partial charge in [0, 0.05) is 6.04 Å². The first kappa shape index (κ1) is 14.3. The van der Waals surface area contributed by atoms with Gasteiger partial charge in [0.15, 0.2) is 9.84 Å². The average Bonchev–Trinajstić information content (AvgIpc) is 2.59. The van der Waals surface area contributed by atoms with E-state index in [2.05, 4.69) is 5.32 Å². The Morgan fingerprint density at radius 3 is 2.53 bits per heavy atom. The molecular formula is C12H14F3NO2S. The van der Waals surface area contributed by atoms with Crippen molar-refractivity contribution in [2.45, 2.75) is 35.7 Å². The molecule has 1 aromatic carbocycles. The van der Waals surface area contributed by atoms with Crippen molar-refractivity contribution in [3.63, 3.8) is 0 Å². The van der Waals surface area contributed by atoms with Crippen LogP contribution in [0.4, 0.5) is 13.2 Å². The lowest BCUT2D eigenvalue weighted by atomic mass is 10.0. The van der Waals surface area contributed by atoms with Crippen LogP contribution in [0.2, 0.25) is 0 Å². The molecule has 106 valence electrons. The zero-order valence-corrected chi connectivity index (χ0v) is 11.3. The smallest absolute Gasteiger partial charge is 0.316 e. The summed E-state index contributed by atoms with van der Waals surface area (Å²) in [6, 6.07) is 2.62. The van der Waals surface area contributed by atoms with Crippen LogP contribution in [0.15, 0.2) is 23.1 Å². The molecule has 0 aliphatic carbocycles. The first-order valence-corrected chi connectivity index (χ1v) is 7.34. The van der Waals surface area contributed by atoms with Crippen LogP contribution in [0.1, 0.15) is 18.1 Å². The normalized spacial score (nSPS) is 23.1. The van der Waals surface area contributed by atoms with Crippen molar-refractivity contribution in [3.8, 4) is 0 Å². The van der Waals surface area contributed by atoms with Crippen molar-refractivity contribution in [3.05, 3.63) is 29.3 Å². The van der Waals surface area contributed by atoms with Gasteiger partial charge in [0.1, 0.15) is 0 Å². The van der Waals surface area contributed by atoms with E-state index in [4.69, 9.17) is 0 Å². The van der Waals surface area contributed by atoms with Gasteiger partial charge < -0.3 is 5.32 Å². The molecular weight excluding hydrogens is 279 g/mol. The number of halogens is 3. The molecule has 1 heterocycles. The fourth-order valence-electron chi connectivity index (χ4n) is 2.29. The molecule has 19 heavy (non-hydrogen) atoms. The van der Waals surface area contributed by atoms with E-state index >= 15 is 0 Å². The molecule has 2 rings (SSSR count). The fraction of sp³-hybridized carbons (Fsp3) is 0.500. The van der Waals surface area contributed by atoms with Crippen LogP contribution >= 0.6 is 0 Å². The second kappa shape index (κ2) is 4.49. The minimum absolute atomic E-state index is 0.186. The number of hydrogen-bond donors (Lipinski definition) is 1. The highest BCUT2D eigenvalue weighted by atomic mass is 32.2. The highest BCUT2D eigenvalue weighted by molar-refractivity contribution is 7.92. The molecule has 0 aromatic heterocycles. The van der Waals surface area contributed by atoms with Gasteiger partial charge in [-0.15, -0.1) is 0 Å². The number of alkyl halides is 3. The number of nitrogens with one attached hydrogen (secondary N) is 1. The van der Waals surface area contributed by atoms with Crippen molar-refractivity contribution in [2.75, 3.05) is 7.05 Å². The third kappa shape index (κ3) is 2.36. The number of sulfone groups is 1. The molecule has 0 radical (unpaired) electrons. The number of benzene rings is 1. The Hall–Kier alpha value is -1.08. The van der Waals surface area contributed by atoms with Gasteiger partial charge >= 0.3 is 6.18 Å². The Labute approximate surface area is 109 Å². The third-order valence-electron chi connectivity index (χ3n) is 3.53. The first-order chi connectivity index (χ1) is 8.67. The molecule has 1 aliphatic heterocycles. The van der Waals surface area contributed by atoms with Gasteiger partial charge in [-0.05, 0) is 38.1 Å². The van der Waals surface area contributed by atoms with Crippen LogP contribution in [-0.2, 0) is 22.4 Å². The highest BCUT2D eigenvalue weighted by Crippen LogP contribution is 2.37. The lowest BCUT2D eigenvalue weighted by Crippen LogP contribution is -2.38. The van der Waals surface area contributed by atoms with E-state index in [0.29, 0.717) is 5.56 Å². The molecule has 1 aromatic rings. The summed E-state index contributed by atoms with van der Waals surface area (Å²) in [5, 5.41) is 2.13. The molecule has 2 atom stereocenters. The Bertz CT molecular complexity index is 595. The van der Waals surface area contributed by atoms with Crippen molar-refractivity contribution in [2.24, 2.45) is 0 Å². The standard InChI is InChI=1S/C12H14F3NO2S/c1-7(16-2)10-5-8-3-4-9(12(13,14)15)6-11(8)19(10,17)18/h3-4,6-7,10,16H,5H2,1-2H3. The van der Waals surface area contributed by atoms with Crippen molar-refractivity contribution in [1.82, 2.24) is 5.32 Å². The predicted molar refractivity (Wildman–Crippen MR) is 64.6 cm³/mol. The van der Waals surface area contributed by atoms with Crippen LogP contribution in [-0.4, -0.2) is 26.8 Å². The minimum atomic E-state index is -4.53. The Kier molecular flexibility index (Phi) is 3.38. The van der Waals surface area contributed by atoms with Gasteiger partial charge in [0.2, 0.25) is 0 Å². The van der Waals surface area contributed by atoms with Crippen LogP contribution in [0.5, 0.6) is 0 Å². The van der Waals surface area contributed by atoms with Gasteiger partial charge in [0.05, 0.1) is 15.7 Å². The largest absolute Gasteiger partial charge is 0.416 e. The van der Waals surface area contributed by atoms with E-state index in [-0.39, 0.29) is 17.4 Å². The van der Waals surface area contributed by atoms with Crippen molar-refractivity contribution < 1.29 is 21.6 Å². The van der Waals surface area contributed by atoms with Gasteiger partial charge in [-0.25, -0.2) is 8.42 Å². The summed E-state index contributed by atoms with van der Waals surface area (Å²) in [5.41, 5.74) is -0.465. The molecule has 0 saturated heterocycles. The molecule has 0 bridgehead atoms. The Morgan fingerprint density at radius 2 is 2.00 bits per heavy atom. The van der Waals surface area contributed by atoms with E-state index in [1.165, 1.54) is 6.07 Å². The zero-order valence-electron chi connectivity index (χ0n) is 10.5. The van der Waals surface area contributed by atoms with Crippen LogP contribution in [0.25, 0.3) is 0 Å². The van der Waals surface area contributed by atoms with E-state index < -0.39 is 26.8 Å². The molecule has 0 amide bonds. The monoisotopic (exact) mass is 293 g/mol. The lowest BCUT2D eigenvalue weighted by Gasteiger charge is -2.17. The van der Waals surface area contributed by atoms with Crippen LogP contribution in [0, 0.1) is 0 Å². The van der Waals surface area contributed by atoms with E-state index in [9.17, 15) is 21.6 Å². The van der Waals surface area contributed by atoms with E-state index in [0.717, 1.165) is 12.1 Å². The second-order valence-corrected chi connectivity index (χ2v) is 6.82. The molecule has 0 spiro atoms. The van der Waals surface area contributed by atoms with Crippen LogP contribution in [0.3, 0.4) is 0 Å². The van der Waals surface area contributed by atoms with Crippen molar-refractivity contribution >= 4 is 9.84 Å². The maximum Gasteiger partial charge on any atom is 0.416 e. The predicted octanol–water partition coefficient (Wildman–Crippen LogP) is 2.01. The summed E-state index contributed by atoms with van der Waals surface area (Å²) in [6.07, 6.45) is -4.28. The quantitative estimate of drug-likeness (QED) is 0.907. The molecule has 3 nitrogen and oxygen atoms in total. The molecule has 1 N–H and O–H groups in total. The SMILES string of the molecule is CNC(C)C1Cc2ccc(C(F)(F)F)cc2S1(=O)=O. The summed E-state index contributed by atoms with van der Waals surface area (Å²) in [4.78, 5) is -0.186. The fourth-order valence-corrected chi connectivity index (χ4v) is 4.49. The summed E-state index contributed by atoms with van der Waals surface area (Å²) >= 11 is 0.